The van der Waals surface area contributed by atoms with Gasteiger partial charge in [0.1, 0.15) is 6.61 Å². The number of pyridine rings is 1. The van der Waals surface area contributed by atoms with Gasteiger partial charge in [-0.3, -0.25) is 4.79 Å². The Balaban J connectivity index is 1.81. The number of halogens is 1. The minimum Gasteiger partial charge on any atom is -0.464 e. The van der Waals surface area contributed by atoms with Gasteiger partial charge in [0.25, 0.3) is 0 Å². The van der Waals surface area contributed by atoms with Gasteiger partial charge >= 0.3 is 5.97 Å². The van der Waals surface area contributed by atoms with Gasteiger partial charge in [-0.15, -0.1) is 0 Å². The lowest BCUT2D eigenvalue weighted by atomic mass is 10.0. The maximum atomic E-state index is 13.0. The zero-order valence-electron chi connectivity index (χ0n) is 11.9. The molecule has 110 valence electrons. The molecular weight excluding hydrogens is 259 g/mol. The molecule has 20 heavy (non-hydrogen) atoms. The summed E-state index contributed by atoms with van der Waals surface area (Å²) in [6, 6.07) is 4.52. The monoisotopic (exact) mass is 280 g/mol. The van der Waals surface area contributed by atoms with E-state index in [9.17, 15) is 9.18 Å². The van der Waals surface area contributed by atoms with Crippen molar-refractivity contribution < 1.29 is 13.9 Å². The van der Waals surface area contributed by atoms with E-state index in [2.05, 4.69) is 11.9 Å². The molecule has 1 aliphatic rings. The number of hydrogen-bond donors (Lipinski definition) is 1. The van der Waals surface area contributed by atoms with Crippen LogP contribution >= 0.6 is 0 Å². The van der Waals surface area contributed by atoms with Gasteiger partial charge < -0.3 is 10.5 Å². The molecule has 4 nitrogen and oxygen atoms in total. The summed E-state index contributed by atoms with van der Waals surface area (Å²) in [5, 5.41) is 0. The Hall–Kier alpha value is -1.49. The molecule has 0 bridgehead atoms. The molecule has 0 spiro atoms. The molecule has 0 saturated heterocycles. The van der Waals surface area contributed by atoms with Crippen molar-refractivity contribution in [2.45, 2.75) is 38.6 Å². The Labute approximate surface area is 118 Å². The summed E-state index contributed by atoms with van der Waals surface area (Å²) >= 11 is 0. The predicted molar refractivity (Wildman–Crippen MR) is 73.4 cm³/mol. The number of aromatic nitrogens is 1. The summed E-state index contributed by atoms with van der Waals surface area (Å²) < 4.78 is 18.3. The summed E-state index contributed by atoms with van der Waals surface area (Å²) in [6.07, 6.45) is 1.63. The molecule has 0 aliphatic heterocycles. The SMILES string of the molecule is CC[C@H](C)[C@H](N)COC(=O)[C@H]1C[C@@H]1c1cccc(F)n1. The van der Waals surface area contributed by atoms with Gasteiger partial charge in [0.05, 0.1) is 5.92 Å². The van der Waals surface area contributed by atoms with E-state index in [-0.39, 0.29) is 30.5 Å². The highest BCUT2D eigenvalue weighted by Crippen LogP contribution is 2.47. The number of nitrogens with zero attached hydrogens (tertiary/aromatic N) is 1. The molecule has 5 heteroatoms. The lowest BCUT2D eigenvalue weighted by Crippen LogP contribution is -2.34. The van der Waals surface area contributed by atoms with Crippen molar-refractivity contribution in [2.24, 2.45) is 17.6 Å². The Kier molecular flexibility index (Phi) is 4.70. The van der Waals surface area contributed by atoms with Crippen molar-refractivity contribution in [1.29, 1.82) is 0 Å². The van der Waals surface area contributed by atoms with E-state index < -0.39 is 5.95 Å². The first-order valence-corrected chi connectivity index (χ1v) is 7.07. The molecule has 2 rings (SSSR count). The highest BCUT2D eigenvalue weighted by molar-refractivity contribution is 5.77. The van der Waals surface area contributed by atoms with E-state index in [1.165, 1.54) is 6.07 Å². The highest BCUT2D eigenvalue weighted by atomic mass is 19.1. The van der Waals surface area contributed by atoms with Crippen LogP contribution in [-0.2, 0) is 9.53 Å². The van der Waals surface area contributed by atoms with Crippen LogP contribution in [0.3, 0.4) is 0 Å². The number of carbonyl (C=O) groups is 1. The zero-order chi connectivity index (χ0) is 14.7. The van der Waals surface area contributed by atoms with Crippen LogP contribution in [0.2, 0.25) is 0 Å². The standard InChI is InChI=1S/C15H21FN2O2/c1-3-9(2)12(17)8-20-15(19)11-7-10(11)13-5-4-6-14(16)18-13/h4-6,9-12H,3,7-8,17H2,1-2H3/t9-,10-,11-,12+/m0/s1. The second kappa shape index (κ2) is 6.31. The third-order valence-electron chi connectivity index (χ3n) is 4.00. The van der Waals surface area contributed by atoms with E-state index >= 15 is 0 Å². The summed E-state index contributed by atoms with van der Waals surface area (Å²) in [5.74, 6) is -0.658. The number of rotatable bonds is 6. The van der Waals surface area contributed by atoms with Crippen LogP contribution in [0.1, 0.15) is 38.3 Å². The minimum atomic E-state index is -0.514. The maximum Gasteiger partial charge on any atom is 0.309 e. The van der Waals surface area contributed by atoms with Crippen molar-refractivity contribution in [2.75, 3.05) is 6.61 Å². The zero-order valence-corrected chi connectivity index (χ0v) is 11.9. The number of esters is 1. The van der Waals surface area contributed by atoms with Gasteiger partial charge in [0.15, 0.2) is 0 Å². The minimum absolute atomic E-state index is 0.0157. The van der Waals surface area contributed by atoms with Gasteiger partial charge in [-0.1, -0.05) is 26.3 Å². The average molecular weight is 280 g/mol. The summed E-state index contributed by atoms with van der Waals surface area (Å²) in [6.45, 7) is 4.33. The third kappa shape index (κ3) is 3.54. The van der Waals surface area contributed by atoms with Crippen LogP contribution in [0.15, 0.2) is 18.2 Å². The fraction of sp³-hybridized carbons (Fsp3) is 0.600. The van der Waals surface area contributed by atoms with Gasteiger partial charge in [-0.05, 0) is 24.5 Å². The molecule has 1 aromatic rings. The number of nitrogens with two attached hydrogens (primary N) is 1. The first-order chi connectivity index (χ1) is 9.52. The molecule has 1 aliphatic carbocycles. The van der Waals surface area contributed by atoms with Crippen LogP contribution in [0.25, 0.3) is 0 Å². The molecule has 1 saturated carbocycles. The maximum absolute atomic E-state index is 13.0. The second-order valence-corrected chi connectivity index (χ2v) is 5.51. The van der Waals surface area contributed by atoms with Crippen molar-refractivity contribution in [3.8, 4) is 0 Å². The van der Waals surface area contributed by atoms with Crippen molar-refractivity contribution >= 4 is 5.97 Å². The molecule has 0 amide bonds. The van der Waals surface area contributed by atoms with Crippen LogP contribution in [0.4, 0.5) is 4.39 Å². The van der Waals surface area contributed by atoms with E-state index in [1.54, 1.807) is 12.1 Å². The Morgan fingerprint density at radius 1 is 1.60 bits per heavy atom. The summed E-state index contributed by atoms with van der Waals surface area (Å²) in [4.78, 5) is 15.7. The lowest BCUT2D eigenvalue weighted by Gasteiger charge is -2.17. The van der Waals surface area contributed by atoms with Crippen LogP contribution in [0, 0.1) is 17.8 Å². The van der Waals surface area contributed by atoms with Crippen molar-refractivity contribution in [3.05, 3.63) is 29.8 Å². The molecule has 0 unspecified atom stereocenters. The molecule has 4 atom stereocenters. The highest BCUT2D eigenvalue weighted by Gasteiger charge is 2.46. The Morgan fingerprint density at radius 3 is 3.00 bits per heavy atom. The van der Waals surface area contributed by atoms with E-state index in [4.69, 9.17) is 10.5 Å². The fourth-order valence-corrected chi connectivity index (χ4v) is 2.17. The Morgan fingerprint density at radius 2 is 2.35 bits per heavy atom. The smallest absolute Gasteiger partial charge is 0.309 e. The molecule has 1 fully saturated rings. The predicted octanol–water partition coefficient (Wildman–Crippen LogP) is 2.24. The largest absolute Gasteiger partial charge is 0.464 e. The van der Waals surface area contributed by atoms with E-state index in [0.29, 0.717) is 18.0 Å². The van der Waals surface area contributed by atoms with Gasteiger partial charge in [-0.25, -0.2) is 4.98 Å². The lowest BCUT2D eigenvalue weighted by molar-refractivity contribution is -0.146. The normalized spacial score (nSPS) is 24.0. The fourth-order valence-electron chi connectivity index (χ4n) is 2.17. The van der Waals surface area contributed by atoms with E-state index in [0.717, 1.165) is 6.42 Å². The topological polar surface area (TPSA) is 65.2 Å². The van der Waals surface area contributed by atoms with Gasteiger partial charge in [0.2, 0.25) is 5.95 Å². The van der Waals surface area contributed by atoms with Gasteiger partial charge in [0, 0.05) is 17.7 Å². The number of hydrogen-bond acceptors (Lipinski definition) is 4. The van der Waals surface area contributed by atoms with E-state index in [1.807, 2.05) is 6.92 Å². The first-order valence-electron chi connectivity index (χ1n) is 7.07. The van der Waals surface area contributed by atoms with Gasteiger partial charge in [-0.2, -0.15) is 4.39 Å². The van der Waals surface area contributed by atoms with Crippen LogP contribution < -0.4 is 5.73 Å². The molecule has 0 aromatic carbocycles. The molecule has 0 radical (unpaired) electrons. The summed E-state index contributed by atoms with van der Waals surface area (Å²) in [5.41, 5.74) is 6.55. The molecule has 2 N–H and O–H groups in total. The molecular formula is C15H21FN2O2. The summed E-state index contributed by atoms with van der Waals surface area (Å²) in [7, 11) is 0. The molecule has 1 heterocycles. The quantitative estimate of drug-likeness (QED) is 0.641. The molecule has 1 aromatic heterocycles. The van der Waals surface area contributed by atoms with Crippen molar-refractivity contribution in [3.63, 3.8) is 0 Å². The van der Waals surface area contributed by atoms with Crippen molar-refractivity contribution in [1.82, 2.24) is 4.98 Å². The number of carbonyl (C=O) groups excluding carboxylic acids is 1. The third-order valence-corrected chi connectivity index (χ3v) is 4.00. The first kappa shape index (κ1) is 14.9. The number of ether oxygens (including phenoxy) is 1. The average Bonchev–Trinajstić information content (AvgIpc) is 3.24. The van der Waals surface area contributed by atoms with Crippen LogP contribution in [-0.4, -0.2) is 23.6 Å². The second-order valence-electron chi connectivity index (χ2n) is 5.51. The Bertz CT molecular complexity index is 481. The van der Waals surface area contributed by atoms with Crippen LogP contribution in [0.5, 0.6) is 0 Å².